The van der Waals surface area contributed by atoms with Gasteiger partial charge in [-0.05, 0) is 75.7 Å². The fourth-order valence-corrected chi connectivity index (χ4v) is 7.59. The molecule has 0 fully saturated rings. The lowest BCUT2D eigenvalue weighted by Gasteiger charge is -2.23. The van der Waals surface area contributed by atoms with Crippen molar-refractivity contribution in [1.29, 1.82) is 0 Å². The Balaban J connectivity index is 0.971. The van der Waals surface area contributed by atoms with Crippen LogP contribution in [0, 0.1) is 0 Å². The van der Waals surface area contributed by atoms with E-state index in [9.17, 15) is 0 Å². The standard InChI is InChI=1S/C50H35N3O2/c51-43(37-12-3-1-4-13-37)31-44(38-14-5-2-6-15-38)52-32-33-19-21-34(22-20-33)35-23-26-39(27-24-35)53-45-18-10-9-17-41(45)42-28-30-47-50(48(42)53)55-49-40-16-8-7-11-36(40)25-29-46(49)54-47/h1-32,44H,51H2/b43-31-,52-32?. The quantitative estimate of drug-likeness (QED) is 0.168. The van der Waals surface area contributed by atoms with Crippen molar-refractivity contribution in [2.24, 2.45) is 10.7 Å². The Morgan fingerprint density at radius 2 is 1.18 bits per heavy atom. The van der Waals surface area contributed by atoms with Crippen molar-refractivity contribution in [2.75, 3.05) is 0 Å². The Labute approximate surface area is 318 Å². The third kappa shape index (κ3) is 5.88. The molecule has 1 aromatic heterocycles. The van der Waals surface area contributed by atoms with Crippen LogP contribution in [0.5, 0.6) is 23.0 Å². The van der Waals surface area contributed by atoms with E-state index in [1.54, 1.807) is 0 Å². The highest BCUT2D eigenvalue weighted by molar-refractivity contribution is 6.12. The van der Waals surface area contributed by atoms with Gasteiger partial charge in [-0.15, -0.1) is 0 Å². The molecule has 2 N–H and O–H groups in total. The molecule has 1 aliphatic heterocycles. The minimum Gasteiger partial charge on any atom is -0.449 e. The maximum Gasteiger partial charge on any atom is 0.194 e. The minimum atomic E-state index is -0.217. The number of hydrogen-bond donors (Lipinski definition) is 1. The van der Waals surface area contributed by atoms with Crippen LogP contribution >= 0.6 is 0 Å². The molecule has 5 heteroatoms. The number of aliphatic imine (C=N–C) groups is 1. The number of rotatable bonds is 7. The molecule has 0 amide bonds. The normalized spacial score (nSPS) is 13.1. The van der Waals surface area contributed by atoms with Gasteiger partial charge in [-0.25, -0.2) is 0 Å². The van der Waals surface area contributed by atoms with Crippen LogP contribution in [-0.4, -0.2) is 10.8 Å². The molecule has 1 atom stereocenters. The highest BCUT2D eigenvalue weighted by Crippen LogP contribution is 2.52. The fourth-order valence-electron chi connectivity index (χ4n) is 7.59. The molecule has 0 saturated carbocycles. The molecular formula is C50H35N3O2. The van der Waals surface area contributed by atoms with E-state index in [2.05, 4.69) is 114 Å². The summed E-state index contributed by atoms with van der Waals surface area (Å²) in [7, 11) is 0. The third-order valence-electron chi connectivity index (χ3n) is 10.4. The van der Waals surface area contributed by atoms with Crippen LogP contribution in [0.1, 0.15) is 22.7 Å². The number of nitrogens with zero attached hydrogens (tertiary/aromatic N) is 2. The second-order valence-corrected chi connectivity index (χ2v) is 13.8. The molecule has 0 radical (unpaired) electrons. The Bertz CT molecular complexity index is 2910. The fraction of sp³-hybridized carbons (Fsp3) is 0.0200. The first-order chi connectivity index (χ1) is 27.2. The van der Waals surface area contributed by atoms with Crippen molar-refractivity contribution in [3.8, 4) is 39.8 Å². The smallest absolute Gasteiger partial charge is 0.194 e. The van der Waals surface area contributed by atoms with Gasteiger partial charge in [0.15, 0.2) is 23.0 Å². The molecule has 0 spiro atoms. The zero-order chi connectivity index (χ0) is 36.7. The van der Waals surface area contributed by atoms with Crippen molar-refractivity contribution >= 4 is 44.5 Å². The number of ether oxygens (including phenoxy) is 2. The van der Waals surface area contributed by atoms with Crippen LogP contribution in [0.2, 0.25) is 0 Å². The van der Waals surface area contributed by atoms with Crippen LogP contribution in [-0.2, 0) is 0 Å². The van der Waals surface area contributed by atoms with Crippen LogP contribution < -0.4 is 15.2 Å². The molecule has 2 heterocycles. The summed E-state index contributed by atoms with van der Waals surface area (Å²) in [5, 5.41) is 4.39. The minimum absolute atomic E-state index is 0.217. The Hall–Kier alpha value is -7.37. The SMILES string of the molecule is N/C(=C\C(N=Cc1ccc(-c2ccc(-n3c4ccccc4c4ccc5c(c43)Oc3c(ccc4ccccc34)O5)cc2)cc1)c1ccccc1)c1ccccc1. The summed E-state index contributed by atoms with van der Waals surface area (Å²) < 4.78 is 15.6. The summed E-state index contributed by atoms with van der Waals surface area (Å²) >= 11 is 0. The number of benzene rings is 8. The van der Waals surface area contributed by atoms with E-state index < -0.39 is 0 Å². The van der Waals surface area contributed by atoms with E-state index in [0.29, 0.717) is 17.2 Å². The van der Waals surface area contributed by atoms with Gasteiger partial charge < -0.3 is 19.8 Å². The van der Waals surface area contributed by atoms with Crippen molar-refractivity contribution in [2.45, 2.75) is 6.04 Å². The summed E-state index contributed by atoms with van der Waals surface area (Å²) in [6.07, 6.45) is 3.94. The molecule has 10 rings (SSSR count). The Morgan fingerprint density at radius 3 is 1.96 bits per heavy atom. The Kier molecular flexibility index (Phi) is 7.96. The maximum absolute atomic E-state index is 6.83. The molecule has 8 aromatic carbocycles. The highest BCUT2D eigenvalue weighted by atomic mass is 16.6. The largest absolute Gasteiger partial charge is 0.449 e. The summed E-state index contributed by atoms with van der Waals surface area (Å²) in [5.74, 6) is 2.87. The maximum atomic E-state index is 6.83. The first kappa shape index (κ1) is 32.3. The van der Waals surface area contributed by atoms with Crippen LogP contribution in [0.15, 0.2) is 193 Å². The van der Waals surface area contributed by atoms with Crippen molar-refractivity contribution in [3.63, 3.8) is 0 Å². The van der Waals surface area contributed by atoms with Crippen molar-refractivity contribution in [3.05, 3.63) is 205 Å². The molecule has 5 nitrogen and oxygen atoms in total. The van der Waals surface area contributed by atoms with Crippen LogP contribution in [0.3, 0.4) is 0 Å². The topological polar surface area (TPSA) is 61.8 Å². The molecule has 9 aromatic rings. The van der Waals surface area contributed by atoms with Crippen molar-refractivity contribution < 1.29 is 9.47 Å². The third-order valence-corrected chi connectivity index (χ3v) is 10.4. The average Bonchev–Trinajstić information content (AvgIpc) is 3.60. The predicted molar refractivity (Wildman–Crippen MR) is 226 cm³/mol. The number of aromatic nitrogens is 1. The molecule has 0 aliphatic carbocycles. The second-order valence-electron chi connectivity index (χ2n) is 13.8. The predicted octanol–water partition coefficient (Wildman–Crippen LogP) is 12.7. The number of hydrogen-bond acceptors (Lipinski definition) is 4. The Morgan fingerprint density at radius 1 is 0.545 bits per heavy atom. The van der Waals surface area contributed by atoms with Crippen LogP contribution in [0.4, 0.5) is 0 Å². The summed E-state index contributed by atoms with van der Waals surface area (Å²) in [6, 6.07) is 62.2. The van der Waals surface area contributed by atoms with Crippen LogP contribution in [0.25, 0.3) is 55.1 Å². The van der Waals surface area contributed by atoms with Crippen molar-refractivity contribution in [1.82, 2.24) is 4.57 Å². The average molecular weight is 710 g/mol. The molecular weight excluding hydrogens is 675 g/mol. The zero-order valence-corrected chi connectivity index (χ0v) is 29.8. The van der Waals surface area contributed by atoms with E-state index in [1.807, 2.05) is 85.1 Å². The highest BCUT2D eigenvalue weighted by Gasteiger charge is 2.27. The summed E-state index contributed by atoms with van der Waals surface area (Å²) in [6.45, 7) is 0. The first-order valence-corrected chi connectivity index (χ1v) is 18.4. The zero-order valence-electron chi connectivity index (χ0n) is 29.8. The van der Waals surface area contributed by atoms with Gasteiger partial charge in [0.1, 0.15) is 5.52 Å². The van der Waals surface area contributed by atoms with E-state index >= 15 is 0 Å². The lowest BCUT2D eigenvalue weighted by atomic mass is 10.0. The van der Waals surface area contributed by atoms with E-state index in [4.69, 9.17) is 20.2 Å². The van der Waals surface area contributed by atoms with Gasteiger partial charge in [0.2, 0.25) is 0 Å². The van der Waals surface area contributed by atoms with Gasteiger partial charge in [0.25, 0.3) is 0 Å². The van der Waals surface area contributed by atoms with Gasteiger partial charge in [-0.1, -0.05) is 146 Å². The molecule has 0 bridgehead atoms. The molecule has 1 unspecified atom stereocenters. The second kappa shape index (κ2) is 13.6. The van der Waals surface area contributed by atoms with E-state index in [-0.39, 0.29) is 6.04 Å². The van der Waals surface area contributed by atoms with E-state index in [0.717, 1.165) is 77.6 Å². The summed E-state index contributed by atoms with van der Waals surface area (Å²) in [4.78, 5) is 4.98. The van der Waals surface area contributed by atoms with Gasteiger partial charge >= 0.3 is 0 Å². The molecule has 262 valence electrons. The lowest BCUT2D eigenvalue weighted by molar-refractivity contribution is 0.366. The molecule has 1 aliphatic rings. The monoisotopic (exact) mass is 709 g/mol. The van der Waals surface area contributed by atoms with Gasteiger partial charge in [0, 0.05) is 33.8 Å². The van der Waals surface area contributed by atoms with Gasteiger partial charge in [-0.3, -0.25) is 4.99 Å². The van der Waals surface area contributed by atoms with Gasteiger partial charge in [-0.2, -0.15) is 0 Å². The lowest BCUT2D eigenvalue weighted by Crippen LogP contribution is -2.02. The molecule has 0 saturated heterocycles. The number of nitrogens with two attached hydrogens (primary N) is 1. The van der Waals surface area contributed by atoms with Gasteiger partial charge in [0.05, 0.1) is 11.6 Å². The number of fused-ring (bicyclic) bond motifs is 8. The van der Waals surface area contributed by atoms with E-state index in [1.165, 1.54) is 0 Å². The number of para-hydroxylation sites is 1. The molecule has 55 heavy (non-hydrogen) atoms. The first-order valence-electron chi connectivity index (χ1n) is 18.4. The summed E-state index contributed by atoms with van der Waals surface area (Å²) in [5.41, 5.74) is 15.6.